The van der Waals surface area contributed by atoms with Crippen molar-refractivity contribution in [2.75, 3.05) is 5.88 Å². The van der Waals surface area contributed by atoms with Gasteiger partial charge in [-0.15, -0.1) is 11.6 Å². The average Bonchev–Trinajstić information content (AvgIpc) is 2.57. The molecular formula is C12H14ClNO. The first-order valence-electron chi connectivity index (χ1n) is 5.13. The van der Waals surface area contributed by atoms with E-state index in [9.17, 15) is 0 Å². The van der Waals surface area contributed by atoms with Gasteiger partial charge in [0.15, 0.2) is 11.5 Å². The summed E-state index contributed by atoms with van der Waals surface area (Å²) in [7, 11) is 0. The summed E-state index contributed by atoms with van der Waals surface area (Å²) in [5.41, 5.74) is 4.23. The fourth-order valence-corrected chi connectivity index (χ4v) is 1.88. The smallest absolute Gasteiger partial charge is 0.195 e. The Morgan fingerprint density at radius 1 is 1.33 bits per heavy atom. The Morgan fingerprint density at radius 3 is 2.87 bits per heavy atom. The third kappa shape index (κ3) is 2.15. The summed E-state index contributed by atoms with van der Waals surface area (Å²) in [5, 5.41) is 0. The lowest BCUT2D eigenvalue weighted by atomic mass is 10.1. The van der Waals surface area contributed by atoms with Gasteiger partial charge in [-0.25, -0.2) is 4.98 Å². The van der Waals surface area contributed by atoms with Crippen LogP contribution in [0.3, 0.4) is 0 Å². The number of alkyl halides is 1. The van der Waals surface area contributed by atoms with E-state index >= 15 is 0 Å². The van der Waals surface area contributed by atoms with Crippen LogP contribution in [-0.4, -0.2) is 10.9 Å². The lowest BCUT2D eigenvalue weighted by molar-refractivity contribution is 0.524. The fraction of sp³-hybridized carbons (Fsp3) is 0.417. The van der Waals surface area contributed by atoms with Crippen molar-refractivity contribution in [1.29, 1.82) is 0 Å². The third-order valence-electron chi connectivity index (χ3n) is 2.39. The highest BCUT2D eigenvalue weighted by atomic mass is 35.5. The zero-order chi connectivity index (χ0) is 10.8. The van der Waals surface area contributed by atoms with E-state index < -0.39 is 0 Å². The number of oxazole rings is 1. The first kappa shape index (κ1) is 10.5. The molecule has 2 aromatic rings. The van der Waals surface area contributed by atoms with E-state index in [1.807, 2.05) is 6.92 Å². The van der Waals surface area contributed by atoms with Gasteiger partial charge in [-0.3, -0.25) is 0 Å². The summed E-state index contributed by atoms with van der Waals surface area (Å²) in [6.45, 7) is 4.12. The Morgan fingerprint density at radius 2 is 2.13 bits per heavy atom. The first-order chi connectivity index (χ1) is 7.20. The number of rotatable bonds is 3. The van der Waals surface area contributed by atoms with Gasteiger partial charge in [0, 0.05) is 12.3 Å². The molecule has 0 amide bonds. The predicted molar refractivity (Wildman–Crippen MR) is 62.5 cm³/mol. The lowest BCUT2D eigenvalue weighted by Crippen LogP contribution is -1.84. The Hall–Kier alpha value is -1.02. The van der Waals surface area contributed by atoms with E-state index in [1.165, 1.54) is 5.56 Å². The molecule has 0 unspecified atom stereocenters. The van der Waals surface area contributed by atoms with Gasteiger partial charge in [0.05, 0.1) is 0 Å². The SMILES string of the molecule is Cc1cc(C)c2oc(CCCCl)nc2c1. The second-order valence-electron chi connectivity index (χ2n) is 3.83. The van der Waals surface area contributed by atoms with Crippen molar-refractivity contribution in [1.82, 2.24) is 4.98 Å². The van der Waals surface area contributed by atoms with Gasteiger partial charge in [-0.05, 0) is 37.5 Å². The van der Waals surface area contributed by atoms with Crippen molar-refractivity contribution in [2.24, 2.45) is 0 Å². The molecule has 0 bridgehead atoms. The molecule has 0 atom stereocenters. The first-order valence-corrected chi connectivity index (χ1v) is 5.67. The molecule has 0 radical (unpaired) electrons. The molecule has 0 N–H and O–H groups in total. The molecule has 0 aliphatic heterocycles. The van der Waals surface area contributed by atoms with Crippen LogP contribution < -0.4 is 0 Å². The van der Waals surface area contributed by atoms with Gasteiger partial charge in [0.25, 0.3) is 0 Å². The average molecular weight is 224 g/mol. The van der Waals surface area contributed by atoms with Crippen LogP contribution in [-0.2, 0) is 6.42 Å². The van der Waals surface area contributed by atoms with Crippen LogP contribution in [0.25, 0.3) is 11.1 Å². The molecule has 0 saturated heterocycles. The van der Waals surface area contributed by atoms with Crippen LogP contribution in [0, 0.1) is 13.8 Å². The van der Waals surface area contributed by atoms with Crippen LogP contribution in [0.15, 0.2) is 16.5 Å². The van der Waals surface area contributed by atoms with Crippen molar-refractivity contribution in [3.05, 3.63) is 29.2 Å². The topological polar surface area (TPSA) is 26.0 Å². The fourth-order valence-electron chi connectivity index (χ4n) is 1.75. The molecule has 0 saturated carbocycles. The zero-order valence-corrected chi connectivity index (χ0v) is 9.77. The summed E-state index contributed by atoms with van der Waals surface area (Å²) in [5.74, 6) is 1.44. The number of hydrogen-bond donors (Lipinski definition) is 0. The van der Waals surface area contributed by atoms with Crippen LogP contribution in [0.4, 0.5) is 0 Å². The normalized spacial score (nSPS) is 11.1. The van der Waals surface area contributed by atoms with Gasteiger partial charge in [0.1, 0.15) is 5.52 Å². The maximum Gasteiger partial charge on any atom is 0.195 e. The highest BCUT2D eigenvalue weighted by Crippen LogP contribution is 2.21. The molecule has 1 aromatic heterocycles. The molecule has 3 heteroatoms. The third-order valence-corrected chi connectivity index (χ3v) is 2.66. The van der Waals surface area contributed by atoms with E-state index in [0.717, 1.165) is 35.4 Å². The van der Waals surface area contributed by atoms with Crippen LogP contribution in [0.2, 0.25) is 0 Å². The molecule has 0 aliphatic rings. The summed E-state index contributed by atoms with van der Waals surface area (Å²) in [6.07, 6.45) is 1.73. The predicted octanol–water partition coefficient (Wildman–Crippen LogP) is 3.62. The van der Waals surface area contributed by atoms with Crippen molar-refractivity contribution in [2.45, 2.75) is 26.7 Å². The number of hydrogen-bond acceptors (Lipinski definition) is 2. The monoisotopic (exact) mass is 223 g/mol. The summed E-state index contributed by atoms with van der Waals surface area (Å²) in [4.78, 5) is 4.45. The van der Waals surface area contributed by atoms with Gasteiger partial charge < -0.3 is 4.42 Å². The molecule has 2 nitrogen and oxygen atoms in total. The standard InChI is InChI=1S/C12H14ClNO/c1-8-6-9(2)12-10(7-8)14-11(15-12)4-3-5-13/h6-7H,3-5H2,1-2H3. The zero-order valence-electron chi connectivity index (χ0n) is 9.01. The Kier molecular flexibility index (Phi) is 2.96. The summed E-state index contributed by atoms with van der Waals surface area (Å²) in [6, 6.07) is 4.16. The second-order valence-corrected chi connectivity index (χ2v) is 4.21. The van der Waals surface area contributed by atoms with E-state index in [1.54, 1.807) is 0 Å². The number of halogens is 1. The van der Waals surface area contributed by atoms with Crippen LogP contribution >= 0.6 is 11.6 Å². The molecule has 1 heterocycles. The summed E-state index contributed by atoms with van der Waals surface area (Å²) < 4.78 is 5.69. The van der Waals surface area contributed by atoms with E-state index in [0.29, 0.717) is 5.88 Å². The second kappa shape index (κ2) is 4.23. The minimum atomic E-state index is 0.650. The van der Waals surface area contributed by atoms with Gasteiger partial charge in [-0.2, -0.15) is 0 Å². The highest BCUT2D eigenvalue weighted by Gasteiger charge is 2.08. The summed E-state index contributed by atoms with van der Waals surface area (Å²) >= 11 is 5.64. The number of aromatic nitrogens is 1. The van der Waals surface area contributed by atoms with Crippen molar-refractivity contribution < 1.29 is 4.42 Å². The molecule has 2 rings (SSSR count). The van der Waals surface area contributed by atoms with Crippen molar-refractivity contribution >= 4 is 22.7 Å². The van der Waals surface area contributed by atoms with E-state index in [4.69, 9.17) is 16.0 Å². The number of benzene rings is 1. The number of aryl methyl sites for hydroxylation is 3. The maximum absolute atomic E-state index is 5.69. The largest absolute Gasteiger partial charge is 0.440 e. The Balaban J connectivity index is 2.41. The van der Waals surface area contributed by atoms with Crippen LogP contribution in [0.5, 0.6) is 0 Å². The molecule has 80 valence electrons. The minimum absolute atomic E-state index is 0.650. The van der Waals surface area contributed by atoms with Crippen molar-refractivity contribution in [3.63, 3.8) is 0 Å². The van der Waals surface area contributed by atoms with E-state index in [-0.39, 0.29) is 0 Å². The number of fused-ring (bicyclic) bond motifs is 1. The van der Waals surface area contributed by atoms with Gasteiger partial charge in [-0.1, -0.05) is 6.07 Å². The quantitative estimate of drug-likeness (QED) is 0.743. The molecular weight excluding hydrogens is 210 g/mol. The van der Waals surface area contributed by atoms with Gasteiger partial charge >= 0.3 is 0 Å². The molecule has 0 fully saturated rings. The number of nitrogens with zero attached hydrogens (tertiary/aromatic N) is 1. The Labute approximate surface area is 94.3 Å². The molecule has 0 aliphatic carbocycles. The lowest BCUT2D eigenvalue weighted by Gasteiger charge is -1.95. The minimum Gasteiger partial charge on any atom is -0.440 e. The molecule has 1 aromatic carbocycles. The van der Waals surface area contributed by atoms with Gasteiger partial charge in [0.2, 0.25) is 0 Å². The molecule has 15 heavy (non-hydrogen) atoms. The van der Waals surface area contributed by atoms with Crippen LogP contribution in [0.1, 0.15) is 23.4 Å². The Bertz CT molecular complexity index is 476. The highest BCUT2D eigenvalue weighted by molar-refractivity contribution is 6.17. The van der Waals surface area contributed by atoms with Crippen molar-refractivity contribution in [3.8, 4) is 0 Å². The van der Waals surface area contributed by atoms with E-state index in [2.05, 4.69) is 24.0 Å². The molecule has 0 spiro atoms. The maximum atomic E-state index is 5.69.